The van der Waals surface area contributed by atoms with E-state index in [0.29, 0.717) is 12.1 Å². The van der Waals surface area contributed by atoms with Gasteiger partial charge in [0.1, 0.15) is 12.6 Å². The molecule has 1 aliphatic rings. The quantitative estimate of drug-likeness (QED) is 0.160. The second kappa shape index (κ2) is 15.7. The van der Waals surface area contributed by atoms with Gasteiger partial charge in [0, 0.05) is 22.6 Å². The normalized spacial score (nSPS) is 14.3. The highest BCUT2D eigenvalue weighted by Gasteiger charge is 2.35. The molecule has 4 aromatic carbocycles. The molecule has 2 amide bonds. The lowest BCUT2D eigenvalue weighted by Crippen LogP contribution is -2.55. The second-order valence-electron chi connectivity index (χ2n) is 11.9. The minimum Gasteiger partial charge on any atom is -0.352 e. The summed E-state index contributed by atoms with van der Waals surface area (Å²) in [4.78, 5) is 30.5. The number of nitrogens with zero attached hydrogens (tertiary/aromatic N) is 2. The van der Waals surface area contributed by atoms with Crippen molar-refractivity contribution in [3.05, 3.63) is 129 Å². The molecule has 4 aromatic rings. The fourth-order valence-electron chi connectivity index (χ4n) is 5.96. The molecule has 240 valence electrons. The molecule has 46 heavy (non-hydrogen) atoms. The number of hydrogen-bond donors (Lipinski definition) is 1. The first-order valence-electron chi connectivity index (χ1n) is 15.7. The summed E-state index contributed by atoms with van der Waals surface area (Å²) in [5.74, 6) is -0.678. The van der Waals surface area contributed by atoms with Crippen molar-refractivity contribution in [2.75, 3.05) is 10.8 Å². The van der Waals surface area contributed by atoms with Gasteiger partial charge in [0.2, 0.25) is 11.8 Å². The van der Waals surface area contributed by atoms with Crippen molar-refractivity contribution in [1.29, 1.82) is 0 Å². The van der Waals surface area contributed by atoms with Crippen molar-refractivity contribution in [2.24, 2.45) is 0 Å². The fraction of sp³-hybridized carbons (Fsp3) is 0.297. The lowest BCUT2D eigenvalue weighted by atomic mass is 9.94. The Morgan fingerprint density at radius 2 is 1.46 bits per heavy atom. The molecule has 1 fully saturated rings. The predicted octanol–water partition coefficient (Wildman–Crippen LogP) is 6.88. The fourth-order valence-corrected chi connectivity index (χ4v) is 7.76. The van der Waals surface area contributed by atoms with Gasteiger partial charge in [0.05, 0.1) is 10.6 Å². The van der Waals surface area contributed by atoms with Crippen LogP contribution in [-0.4, -0.2) is 43.8 Å². The van der Waals surface area contributed by atoms with Crippen LogP contribution < -0.4 is 9.62 Å². The van der Waals surface area contributed by atoms with Crippen LogP contribution in [0.3, 0.4) is 0 Å². The van der Waals surface area contributed by atoms with Gasteiger partial charge in [-0.05, 0) is 89.9 Å². The van der Waals surface area contributed by atoms with Gasteiger partial charge >= 0.3 is 0 Å². The molecule has 9 heteroatoms. The zero-order chi connectivity index (χ0) is 32.5. The molecule has 0 aromatic heterocycles. The van der Waals surface area contributed by atoms with Crippen LogP contribution in [0.1, 0.15) is 48.8 Å². The summed E-state index contributed by atoms with van der Waals surface area (Å²) in [6, 6.07) is 31.9. The molecular formula is C37H40IN3O4S. The average molecular weight is 750 g/mol. The molecule has 0 heterocycles. The molecule has 0 aliphatic heterocycles. The molecule has 0 saturated heterocycles. The Balaban J connectivity index is 1.55. The first kappa shape index (κ1) is 33.7. The van der Waals surface area contributed by atoms with Gasteiger partial charge in [0.15, 0.2) is 0 Å². The zero-order valence-electron chi connectivity index (χ0n) is 26.0. The van der Waals surface area contributed by atoms with Crippen molar-refractivity contribution in [1.82, 2.24) is 10.2 Å². The third kappa shape index (κ3) is 8.76. The number of hydrogen-bond acceptors (Lipinski definition) is 4. The summed E-state index contributed by atoms with van der Waals surface area (Å²) in [5, 5.41) is 3.25. The minimum absolute atomic E-state index is 0.0530. The second-order valence-corrected chi connectivity index (χ2v) is 15.0. The zero-order valence-corrected chi connectivity index (χ0v) is 29.0. The van der Waals surface area contributed by atoms with Crippen molar-refractivity contribution in [3.63, 3.8) is 0 Å². The van der Waals surface area contributed by atoms with Gasteiger partial charge in [-0.1, -0.05) is 97.6 Å². The lowest BCUT2D eigenvalue weighted by molar-refractivity contribution is -0.140. The molecule has 1 aliphatic carbocycles. The number of carbonyl (C=O) groups excluding carboxylic acids is 2. The highest BCUT2D eigenvalue weighted by atomic mass is 127. The SMILES string of the molecule is Cc1cccc(CN(C(=O)CN(c2ccc(I)cc2)S(=O)(=O)c2ccccc2)C(Cc2ccccc2)C(=O)NC2CCCCC2)c1. The maximum absolute atomic E-state index is 14.6. The summed E-state index contributed by atoms with van der Waals surface area (Å²) in [6.07, 6.45) is 5.39. The van der Waals surface area contributed by atoms with Crippen LogP contribution in [0, 0.1) is 10.5 Å². The maximum Gasteiger partial charge on any atom is 0.264 e. The number of benzene rings is 4. The standard InChI is InChI=1S/C37H40IN3O4S/c1-28-12-11-15-30(24-28)26-40(35(25-29-13-5-2-6-14-29)37(43)39-32-16-7-3-8-17-32)36(42)27-41(33-22-20-31(38)21-23-33)46(44,45)34-18-9-4-10-19-34/h2,4-6,9-15,18-24,32,35H,3,7-8,16-17,25-27H2,1H3,(H,39,43). The maximum atomic E-state index is 14.6. The average Bonchev–Trinajstić information content (AvgIpc) is 3.07. The van der Waals surface area contributed by atoms with E-state index in [1.54, 1.807) is 35.2 Å². The highest BCUT2D eigenvalue weighted by molar-refractivity contribution is 14.1. The molecule has 7 nitrogen and oxygen atoms in total. The first-order chi connectivity index (χ1) is 22.2. The number of anilines is 1. The number of amides is 2. The van der Waals surface area contributed by atoms with E-state index < -0.39 is 28.5 Å². The highest BCUT2D eigenvalue weighted by Crippen LogP contribution is 2.26. The molecule has 1 saturated carbocycles. The van der Waals surface area contributed by atoms with Crippen LogP contribution in [0.4, 0.5) is 5.69 Å². The summed E-state index contributed by atoms with van der Waals surface area (Å²) >= 11 is 2.16. The van der Waals surface area contributed by atoms with Crippen LogP contribution in [0.2, 0.25) is 0 Å². The van der Waals surface area contributed by atoms with E-state index in [0.717, 1.165) is 56.7 Å². The van der Waals surface area contributed by atoms with E-state index in [1.165, 1.54) is 12.1 Å². The van der Waals surface area contributed by atoms with E-state index in [9.17, 15) is 18.0 Å². The lowest BCUT2D eigenvalue weighted by Gasteiger charge is -2.35. The van der Waals surface area contributed by atoms with Crippen LogP contribution >= 0.6 is 22.6 Å². The number of sulfonamides is 1. The minimum atomic E-state index is -4.12. The molecule has 1 N–H and O–H groups in total. The molecule has 5 rings (SSSR count). The summed E-state index contributed by atoms with van der Waals surface area (Å²) in [6.45, 7) is 1.67. The Bertz CT molecular complexity index is 1710. The van der Waals surface area contributed by atoms with Crippen LogP contribution in [0.15, 0.2) is 114 Å². The molecule has 0 radical (unpaired) electrons. The number of nitrogens with one attached hydrogen (secondary N) is 1. The van der Waals surface area contributed by atoms with Crippen molar-refractivity contribution in [2.45, 2.75) is 69.0 Å². The Hall–Kier alpha value is -3.70. The van der Waals surface area contributed by atoms with E-state index in [4.69, 9.17) is 0 Å². The Kier molecular flexibility index (Phi) is 11.5. The number of rotatable bonds is 12. The Labute approximate surface area is 286 Å². The third-order valence-corrected chi connectivity index (χ3v) is 10.9. The van der Waals surface area contributed by atoms with Gasteiger partial charge in [-0.25, -0.2) is 8.42 Å². The predicted molar refractivity (Wildman–Crippen MR) is 191 cm³/mol. The molecule has 0 spiro atoms. The van der Waals surface area contributed by atoms with E-state index >= 15 is 0 Å². The molecule has 0 bridgehead atoms. The first-order valence-corrected chi connectivity index (χ1v) is 18.3. The van der Waals surface area contributed by atoms with E-state index in [-0.39, 0.29) is 23.4 Å². The Morgan fingerprint density at radius 3 is 2.11 bits per heavy atom. The summed E-state index contributed by atoms with van der Waals surface area (Å²) in [5.41, 5.74) is 3.19. The van der Waals surface area contributed by atoms with Gasteiger partial charge in [-0.3, -0.25) is 13.9 Å². The van der Waals surface area contributed by atoms with Gasteiger partial charge < -0.3 is 10.2 Å². The Morgan fingerprint density at radius 1 is 0.826 bits per heavy atom. The van der Waals surface area contributed by atoms with Gasteiger partial charge in [0.25, 0.3) is 10.0 Å². The largest absolute Gasteiger partial charge is 0.352 e. The number of halogens is 1. The van der Waals surface area contributed by atoms with Crippen LogP contribution in [0.5, 0.6) is 0 Å². The van der Waals surface area contributed by atoms with Crippen LogP contribution in [0.25, 0.3) is 0 Å². The molecule has 1 unspecified atom stereocenters. The van der Waals surface area contributed by atoms with Gasteiger partial charge in [-0.2, -0.15) is 0 Å². The summed E-state index contributed by atoms with van der Waals surface area (Å²) < 4.78 is 30.3. The van der Waals surface area contributed by atoms with E-state index in [1.807, 2.05) is 73.7 Å². The monoisotopic (exact) mass is 749 g/mol. The number of carbonyl (C=O) groups is 2. The number of aryl methyl sites for hydroxylation is 1. The smallest absolute Gasteiger partial charge is 0.264 e. The molecule has 1 atom stereocenters. The van der Waals surface area contributed by atoms with Crippen molar-refractivity contribution in [3.8, 4) is 0 Å². The molecular weight excluding hydrogens is 709 g/mol. The van der Waals surface area contributed by atoms with Gasteiger partial charge in [-0.15, -0.1) is 0 Å². The van der Waals surface area contributed by atoms with Crippen molar-refractivity contribution < 1.29 is 18.0 Å². The third-order valence-electron chi connectivity index (χ3n) is 8.38. The van der Waals surface area contributed by atoms with Crippen molar-refractivity contribution >= 4 is 50.1 Å². The topological polar surface area (TPSA) is 86.8 Å². The van der Waals surface area contributed by atoms with E-state index in [2.05, 4.69) is 27.9 Å². The summed E-state index contributed by atoms with van der Waals surface area (Å²) in [7, 11) is -4.12. The van der Waals surface area contributed by atoms with Crippen LogP contribution in [-0.2, 0) is 32.6 Å².